The topological polar surface area (TPSA) is 90.0 Å². The van der Waals surface area contributed by atoms with E-state index < -0.39 is 26.9 Å². The van der Waals surface area contributed by atoms with Gasteiger partial charge in [0.05, 0.1) is 35.6 Å². The Hall–Kier alpha value is -0.613. The van der Waals surface area contributed by atoms with Gasteiger partial charge in [0.1, 0.15) is 5.82 Å². The number of hydrogen-bond acceptors (Lipinski definition) is 7. The minimum atomic E-state index is -3.54. The summed E-state index contributed by atoms with van der Waals surface area (Å²) in [5.74, 6) is 0.718. The second-order valence-electron chi connectivity index (χ2n) is 11.4. The van der Waals surface area contributed by atoms with Crippen LogP contribution >= 0.6 is 7.60 Å². The molecule has 0 radical (unpaired) electrons. The molecule has 0 saturated heterocycles. The molecule has 11 heteroatoms. The summed E-state index contributed by atoms with van der Waals surface area (Å²) < 4.78 is 46.7. The Balaban J connectivity index is 2.39. The molecule has 0 amide bonds. The highest BCUT2D eigenvalue weighted by molar-refractivity contribution is 7.84. The van der Waals surface area contributed by atoms with Gasteiger partial charge in [-0.15, -0.1) is 0 Å². The van der Waals surface area contributed by atoms with Crippen LogP contribution in [0.2, 0.25) is 18.1 Å². The molecule has 35 heavy (non-hydrogen) atoms. The third kappa shape index (κ3) is 7.69. The van der Waals surface area contributed by atoms with Gasteiger partial charge in [0.2, 0.25) is 0 Å². The Bertz CT molecular complexity index is 923. The van der Waals surface area contributed by atoms with Crippen LogP contribution in [-0.4, -0.2) is 55.2 Å². The first kappa shape index (κ1) is 30.6. The fourth-order valence-corrected chi connectivity index (χ4v) is 6.84. The van der Waals surface area contributed by atoms with Crippen molar-refractivity contribution in [3.63, 3.8) is 0 Å². The summed E-state index contributed by atoms with van der Waals surface area (Å²) in [6.07, 6.45) is 0.782. The molecule has 1 aliphatic rings. The van der Waals surface area contributed by atoms with Crippen LogP contribution in [-0.2, 0) is 29.0 Å². The van der Waals surface area contributed by atoms with Gasteiger partial charge in [-0.05, 0) is 65.2 Å². The number of pyridine rings is 1. The van der Waals surface area contributed by atoms with Gasteiger partial charge in [0.15, 0.2) is 13.8 Å². The molecule has 0 aliphatic carbocycles. The van der Waals surface area contributed by atoms with Crippen molar-refractivity contribution in [2.75, 3.05) is 37.8 Å². The Morgan fingerprint density at radius 1 is 1.14 bits per heavy atom. The molecular weight excluding hydrogens is 501 g/mol. The van der Waals surface area contributed by atoms with Crippen molar-refractivity contribution in [3.05, 3.63) is 17.7 Å². The summed E-state index contributed by atoms with van der Waals surface area (Å²) in [4.78, 5) is 6.99. The average Bonchev–Trinajstić information content (AvgIpc) is 2.73. The summed E-state index contributed by atoms with van der Waals surface area (Å²) in [5.41, 5.74) is 1.23. The molecule has 0 spiro atoms. The number of fused-ring (bicyclic) bond motifs is 1. The van der Waals surface area contributed by atoms with Crippen LogP contribution in [0, 0.1) is 0 Å². The molecular formula is C24H46N3O5PSSi. The molecule has 1 aromatic rings. The zero-order chi connectivity index (χ0) is 26.7. The minimum Gasteiger partial charge on any atom is -0.415 e. The van der Waals surface area contributed by atoms with Crippen molar-refractivity contribution in [2.24, 2.45) is 0 Å². The van der Waals surface area contributed by atoms with Crippen molar-refractivity contribution in [1.82, 2.24) is 9.71 Å². The molecule has 1 N–H and O–H groups in total. The SMILES string of the molecule is CCOP(=O)(OCC)c1ccc2c(n1)N(CCO[Si](C)(C)C(C)(C)C)CCC2NS(=O)C(C)(C)C. The molecule has 8 nitrogen and oxygen atoms in total. The standard InChI is InChI=1S/C24H46N3O5PSSi/c1-11-30-33(28,31-12-2)21-14-13-19-20(26-34(29)23(3,4)5)15-16-27(22(19)25-21)17-18-32-35(9,10)24(6,7)8/h13-14,20,26H,11-12,15-18H2,1-10H3. The van der Waals surface area contributed by atoms with E-state index >= 15 is 0 Å². The molecule has 0 aromatic carbocycles. The second kappa shape index (κ2) is 11.8. The van der Waals surface area contributed by atoms with Crippen molar-refractivity contribution in [3.8, 4) is 0 Å². The number of nitrogens with one attached hydrogen (secondary N) is 1. The van der Waals surface area contributed by atoms with E-state index in [9.17, 15) is 8.77 Å². The fourth-order valence-electron chi connectivity index (χ4n) is 3.46. The van der Waals surface area contributed by atoms with E-state index in [2.05, 4.69) is 43.5 Å². The monoisotopic (exact) mass is 547 g/mol. The highest BCUT2D eigenvalue weighted by atomic mass is 32.2. The van der Waals surface area contributed by atoms with Gasteiger partial charge in [-0.1, -0.05) is 26.8 Å². The van der Waals surface area contributed by atoms with Crippen molar-refractivity contribution in [1.29, 1.82) is 0 Å². The van der Waals surface area contributed by atoms with Gasteiger partial charge >= 0.3 is 7.60 Å². The maximum atomic E-state index is 13.4. The Labute approximate surface area is 216 Å². The van der Waals surface area contributed by atoms with E-state index in [1.165, 1.54) is 0 Å². The van der Waals surface area contributed by atoms with Gasteiger partial charge in [0, 0.05) is 24.7 Å². The number of hydrogen-bond donors (Lipinski definition) is 1. The molecule has 1 aromatic heterocycles. The second-order valence-corrected chi connectivity index (χ2v) is 20.1. The lowest BCUT2D eigenvalue weighted by Crippen LogP contribution is -2.45. The predicted octanol–water partition coefficient (Wildman–Crippen LogP) is 5.30. The number of nitrogens with zero attached hydrogens (tertiary/aromatic N) is 2. The Kier molecular flexibility index (Phi) is 10.4. The lowest BCUT2D eigenvalue weighted by atomic mass is 10.0. The normalized spacial score (nSPS) is 18.5. The number of aromatic nitrogens is 1. The Morgan fingerprint density at radius 2 is 1.74 bits per heavy atom. The molecule has 1 aliphatic heterocycles. The molecule has 0 saturated carbocycles. The summed E-state index contributed by atoms with van der Waals surface area (Å²) in [6.45, 7) is 23.1. The lowest BCUT2D eigenvalue weighted by Gasteiger charge is -2.39. The summed E-state index contributed by atoms with van der Waals surface area (Å²) >= 11 is 0. The summed E-state index contributed by atoms with van der Waals surface area (Å²) in [5, 5.41) is 0.131. The first-order valence-corrected chi connectivity index (χ1v) is 18.1. The van der Waals surface area contributed by atoms with Gasteiger partial charge < -0.3 is 18.4 Å². The van der Waals surface area contributed by atoms with Crippen LogP contribution in [0.25, 0.3) is 0 Å². The van der Waals surface area contributed by atoms with Crippen molar-refractivity contribution in [2.45, 2.75) is 90.7 Å². The van der Waals surface area contributed by atoms with Crippen molar-refractivity contribution < 1.29 is 22.2 Å². The van der Waals surface area contributed by atoms with E-state index in [0.717, 1.165) is 24.3 Å². The summed E-state index contributed by atoms with van der Waals surface area (Å²) in [7, 11) is -6.65. The van der Waals surface area contributed by atoms with Crippen LogP contribution in [0.15, 0.2) is 12.1 Å². The minimum absolute atomic E-state index is 0.122. The number of anilines is 1. The largest absolute Gasteiger partial charge is 0.415 e. The van der Waals surface area contributed by atoms with Crippen LogP contribution in [0.4, 0.5) is 5.82 Å². The molecule has 202 valence electrons. The highest BCUT2D eigenvalue weighted by Crippen LogP contribution is 2.47. The van der Waals surface area contributed by atoms with Crippen LogP contribution in [0.5, 0.6) is 0 Å². The molecule has 0 bridgehead atoms. The third-order valence-electron chi connectivity index (χ3n) is 6.57. The van der Waals surface area contributed by atoms with E-state index in [1.54, 1.807) is 19.9 Å². The van der Waals surface area contributed by atoms with Crippen LogP contribution in [0.3, 0.4) is 0 Å². The molecule has 2 rings (SSSR count). The maximum Gasteiger partial charge on any atom is 0.379 e. The van der Waals surface area contributed by atoms with Gasteiger partial charge in [-0.3, -0.25) is 4.57 Å². The highest BCUT2D eigenvalue weighted by Gasteiger charge is 2.38. The summed E-state index contributed by atoms with van der Waals surface area (Å²) in [6, 6.07) is 3.51. The smallest absolute Gasteiger partial charge is 0.379 e. The first-order valence-electron chi connectivity index (χ1n) is 12.5. The predicted molar refractivity (Wildman–Crippen MR) is 148 cm³/mol. The van der Waals surface area contributed by atoms with E-state index in [4.69, 9.17) is 18.5 Å². The van der Waals surface area contributed by atoms with E-state index in [1.807, 2.05) is 26.8 Å². The van der Waals surface area contributed by atoms with Gasteiger partial charge in [0.25, 0.3) is 0 Å². The fraction of sp³-hybridized carbons (Fsp3) is 0.792. The maximum absolute atomic E-state index is 13.4. The van der Waals surface area contributed by atoms with Gasteiger partial charge in [-0.2, -0.15) is 0 Å². The van der Waals surface area contributed by atoms with Crippen molar-refractivity contribution >= 4 is 38.2 Å². The van der Waals surface area contributed by atoms with Crippen LogP contribution in [0.1, 0.15) is 73.4 Å². The lowest BCUT2D eigenvalue weighted by molar-refractivity contribution is 0.229. The zero-order valence-corrected chi connectivity index (χ0v) is 26.0. The average molecular weight is 548 g/mol. The molecule has 2 heterocycles. The first-order chi connectivity index (χ1) is 16.1. The van der Waals surface area contributed by atoms with Gasteiger partial charge in [-0.25, -0.2) is 13.9 Å². The molecule has 0 fully saturated rings. The third-order valence-corrected chi connectivity index (χ3v) is 14.7. The quantitative estimate of drug-likeness (QED) is 0.297. The van der Waals surface area contributed by atoms with E-state index in [-0.39, 0.29) is 29.0 Å². The van der Waals surface area contributed by atoms with Crippen LogP contribution < -0.4 is 15.1 Å². The number of rotatable bonds is 11. The zero-order valence-electron chi connectivity index (χ0n) is 23.3. The van der Waals surface area contributed by atoms with E-state index in [0.29, 0.717) is 18.6 Å². The Morgan fingerprint density at radius 3 is 2.26 bits per heavy atom. The molecule has 2 atom stereocenters. The molecule has 2 unspecified atom stereocenters.